The Hall–Kier alpha value is -4.37. The van der Waals surface area contributed by atoms with E-state index in [1.54, 1.807) is 38.5 Å². The van der Waals surface area contributed by atoms with Crippen molar-refractivity contribution in [2.45, 2.75) is 27.7 Å². The van der Waals surface area contributed by atoms with E-state index < -0.39 is 17.8 Å². The van der Waals surface area contributed by atoms with Crippen molar-refractivity contribution >= 4 is 29.2 Å². The molecule has 0 N–H and O–H groups in total. The maximum Gasteiger partial charge on any atom is 0.342 e. The summed E-state index contributed by atoms with van der Waals surface area (Å²) in [5, 5.41) is 17.6. The van der Waals surface area contributed by atoms with E-state index in [0.29, 0.717) is 11.1 Å². The Morgan fingerprint density at radius 1 is 0.767 bits per heavy atom. The lowest BCUT2D eigenvalue weighted by Gasteiger charge is -2.27. The van der Waals surface area contributed by atoms with Gasteiger partial charge in [-0.25, -0.2) is 14.6 Å². The fraction of sp³-hybridized carbons (Fsp3) is 0.190. The molecular formula is C21H18N4O5. The van der Waals surface area contributed by atoms with Crippen molar-refractivity contribution < 1.29 is 23.9 Å². The van der Waals surface area contributed by atoms with Crippen molar-refractivity contribution in [3.8, 4) is 24.0 Å². The van der Waals surface area contributed by atoms with Crippen LogP contribution < -0.4 is 19.3 Å². The number of hydrogen-bond donors (Lipinski definition) is 0. The van der Waals surface area contributed by atoms with Crippen LogP contribution in [0.2, 0.25) is 0 Å². The lowest BCUT2D eigenvalue weighted by atomic mass is 10.1. The minimum absolute atomic E-state index is 0.121. The van der Waals surface area contributed by atoms with E-state index in [9.17, 15) is 14.4 Å². The number of ether oxygens (including phenoxy) is 2. The molecule has 30 heavy (non-hydrogen) atoms. The predicted octanol–water partition coefficient (Wildman–Crippen LogP) is 3.55. The molecule has 0 radical (unpaired) electrons. The number of hydrogen-bond acceptors (Lipinski definition) is 7. The van der Waals surface area contributed by atoms with Crippen molar-refractivity contribution in [1.29, 1.82) is 10.5 Å². The van der Waals surface area contributed by atoms with Gasteiger partial charge in [-0.1, -0.05) is 12.1 Å². The molecule has 9 nitrogen and oxygen atoms in total. The second kappa shape index (κ2) is 9.22. The second-order valence-electron chi connectivity index (χ2n) is 6.28. The number of carbonyl (C=O) groups excluding carboxylic acids is 3. The Morgan fingerprint density at radius 2 is 1.13 bits per heavy atom. The lowest BCUT2D eigenvalue weighted by molar-refractivity contribution is -0.116. The van der Waals surface area contributed by atoms with Crippen LogP contribution in [0.25, 0.3) is 0 Å². The molecule has 0 spiro atoms. The van der Waals surface area contributed by atoms with Crippen LogP contribution in [0.5, 0.6) is 11.5 Å². The fourth-order valence-corrected chi connectivity index (χ4v) is 2.73. The van der Waals surface area contributed by atoms with Gasteiger partial charge in [0.1, 0.15) is 11.5 Å². The monoisotopic (exact) mass is 406 g/mol. The number of imide groups is 2. The van der Waals surface area contributed by atoms with Crippen LogP contribution in [-0.4, -0.2) is 17.8 Å². The van der Waals surface area contributed by atoms with Crippen LogP contribution in [0.15, 0.2) is 36.4 Å². The maximum atomic E-state index is 13.2. The normalized spacial score (nSPS) is 9.67. The summed E-state index contributed by atoms with van der Waals surface area (Å²) in [7, 11) is 0. The molecule has 0 aromatic heterocycles. The number of aryl methyl sites for hydroxylation is 2. The van der Waals surface area contributed by atoms with Gasteiger partial charge in [-0.2, -0.15) is 0 Å². The highest BCUT2D eigenvalue weighted by molar-refractivity contribution is 6.26. The Morgan fingerprint density at radius 3 is 1.43 bits per heavy atom. The molecular weight excluding hydrogens is 388 g/mol. The third-order valence-electron chi connectivity index (χ3n) is 4.18. The quantitative estimate of drug-likeness (QED) is 0.711. The van der Waals surface area contributed by atoms with Crippen LogP contribution in [0.1, 0.15) is 25.0 Å². The molecule has 0 aliphatic rings. The largest absolute Gasteiger partial charge is 0.388 e. The first-order chi connectivity index (χ1) is 14.2. The summed E-state index contributed by atoms with van der Waals surface area (Å²) in [4.78, 5) is 39.4. The molecule has 0 heterocycles. The minimum atomic E-state index is -0.937. The van der Waals surface area contributed by atoms with Crippen LogP contribution in [0.3, 0.4) is 0 Å². The summed E-state index contributed by atoms with van der Waals surface area (Å²) in [6.45, 7) is 5.73. The van der Waals surface area contributed by atoms with Gasteiger partial charge in [-0.3, -0.25) is 9.59 Å². The summed E-state index contributed by atoms with van der Waals surface area (Å²) in [6, 6.07) is 7.92. The average Bonchev–Trinajstić information content (AvgIpc) is 2.67. The Balaban J connectivity index is 2.56. The van der Waals surface area contributed by atoms with E-state index in [4.69, 9.17) is 20.0 Å². The van der Waals surface area contributed by atoms with Crippen LogP contribution in [0.4, 0.5) is 16.2 Å². The molecule has 4 amide bonds. The van der Waals surface area contributed by atoms with Gasteiger partial charge in [0.2, 0.25) is 11.8 Å². The zero-order chi connectivity index (χ0) is 22.4. The first-order valence-corrected chi connectivity index (χ1v) is 8.69. The standard InChI is InChI=1S/C21H18N4O5/c1-13-5-7-17(9-19(13)29-11-22)24(15(3)26)21(28)25(16(4)27)18-8-6-14(2)20(10-18)30-12-23/h5-10H,1-4H3. The number of nitrogens with zero attached hydrogens (tertiary/aromatic N) is 4. The van der Waals surface area contributed by atoms with E-state index in [0.717, 1.165) is 9.80 Å². The van der Waals surface area contributed by atoms with Crippen molar-refractivity contribution in [2.75, 3.05) is 9.80 Å². The molecule has 0 aliphatic heterocycles. The topological polar surface area (TPSA) is 124 Å². The molecule has 0 atom stereocenters. The van der Waals surface area contributed by atoms with Gasteiger partial charge < -0.3 is 9.47 Å². The Kier molecular flexibility index (Phi) is 6.74. The van der Waals surface area contributed by atoms with Crippen LogP contribution in [-0.2, 0) is 9.59 Å². The number of nitriles is 2. The number of benzene rings is 2. The maximum absolute atomic E-state index is 13.2. The Bertz CT molecular complexity index is 1010. The summed E-state index contributed by atoms with van der Waals surface area (Å²) < 4.78 is 9.73. The molecule has 9 heteroatoms. The van der Waals surface area contributed by atoms with Crippen molar-refractivity contribution in [3.05, 3.63) is 47.5 Å². The molecule has 0 saturated heterocycles. The summed E-state index contributed by atoms with van der Waals surface area (Å²) in [5.41, 5.74) is 1.48. The number of amides is 4. The fourth-order valence-electron chi connectivity index (χ4n) is 2.73. The van der Waals surface area contributed by atoms with Crippen LogP contribution in [0, 0.1) is 36.9 Å². The van der Waals surface area contributed by atoms with E-state index in [1.165, 1.54) is 38.1 Å². The van der Waals surface area contributed by atoms with Gasteiger partial charge in [0.05, 0.1) is 11.4 Å². The lowest BCUT2D eigenvalue weighted by Crippen LogP contribution is -2.48. The molecule has 0 aliphatic carbocycles. The molecule has 2 aromatic rings. The predicted molar refractivity (Wildman–Crippen MR) is 107 cm³/mol. The molecule has 0 unspecified atom stereocenters. The van der Waals surface area contributed by atoms with E-state index in [1.807, 2.05) is 0 Å². The van der Waals surface area contributed by atoms with E-state index >= 15 is 0 Å². The van der Waals surface area contributed by atoms with Crippen molar-refractivity contribution in [1.82, 2.24) is 0 Å². The number of rotatable bonds is 4. The third-order valence-corrected chi connectivity index (χ3v) is 4.18. The number of urea groups is 1. The minimum Gasteiger partial charge on any atom is -0.388 e. The Labute approximate surface area is 173 Å². The molecule has 2 rings (SSSR count). The van der Waals surface area contributed by atoms with E-state index in [2.05, 4.69) is 0 Å². The summed E-state index contributed by atoms with van der Waals surface area (Å²) in [6.07, 6.45) is 3.09. The summed E-state index contributed by atoms with van der Waals surface area (Å²) >= 11 is 0. The molecule has 0 fully saturated rings. The van der Waals surface area contributed by atoms with Gasteiger partial charge in [0.25, 0.3) is 12.5 Å². The average molecular weight is 406 g/mol. The zero-order valence-corrected chi connectivity index (χ0v) is 16.8. The SMILES string of the molecule is CC(=O)N(C(=O)N(C(C)=O)c1ccc(C)c(OC#N)c1)c1ccc(C)c(OC#N)c1. The zero-order valence-electron chi connectivity index (χ0n) is 16.8. The molecule has 2 aromatic carbocycles. The first-order valence-electron chi connectivity index (χ1n) is 8.69. The first kappa shape index (κ1) is 21.9. The van der Waals surface area contributed by atoms with E-state index in [-0.39, 0.29) is 22.9 Å². The highest BCUT2D eigenvalue weighted by Gasteiger charge is 2.30. The van der Waals surface area contributed by atoms with Gasteiger partial charge in [-0.15, -0.1) is 10.5 Å². The molecule has 0 bridgehead atoms. The van der Waals surface area contributed by atoms with Crippen molar-refractivity contribution in [3.63, 3.8) is 0 Å². The molecule has 152 valence electrons. The van der Waals surface area contributed by atoms with Gasteiger partial charge >= 0.3 is 6.03 Å². The summed E-state index contributed by atoms with van der Waals surface area (Å²) in [5.74, 6) is -0.968. The van der Waals surface area contributed by atoms with Gasteiger partial charge in [-0.05, 0) is 37.1 Å². The number of anilines is 2. The van der Waals surface area contributed by atoms with Gasteiger partial charge in [0.15, 0.2) is 0 Å². The van der Waals surface area contributed by atoms with Crippen LogP contribution >= 0.6 is 0 Å². The van der Waals surface area contributed by atoms with Crippen molar-refractivity contribution in [2.24, 2.45) is 0 Å². The highest BCUT2D eigenvalue weighted by atomic mass is 16.5. The van der Waals surface area contributed by atoms with Gasteiger partial charge in [0, 0.05) is 26.0 Å². The number of carbonyl (C=O) groups is 3. The second-order valence-corrected chi connectivity index (χ2v) is 6.28. The third kappa shape index (κ3) is 4.54. The smallest absolute Gasteiger partial charge is 0.342 e. The highest BCUT2D eigenvalue weighted by Crippen LogP contribution is 2.30. The molecule has 0 saturated carbocycles.